The first-order chi connectivity index (χ1) is 14.4. The Morgan fingerprint density at radius 1 is 1.03 bits per heavy atom. The predicted octanol–water partition coefficient (Wildman–Crippen LogP) is 5.81. The second-order valence-corrected chi connectivity index (χ2v) is 8.28. The number of anilines is 1. The molecule has 0 bridgehead atoms. The van der Waals surface area contributed by atoms with Gasteiger partial charge in [0.1, 0.15) is 5.75 Å². The molecule has 0 radical (unpaired) electrons. The van der Waals surface area contributed by atoms with Crippen molar-refractivity contribution in [3.63, 3.8) is 0 Å². The van der Waals surface area contributed by atoms with Crippen LogP contribution >= 0.6 is 28.1 Å². The van der Waals surface area contributed by atoms with Crippen molar-refractivity contribution in [2.24, 2.45) is 0 Å². The van der Waals surface area contributed by atoms with Crippen molar-refractivity contribution in [2.45, 2.75) is 20.3 Å². The van der Waals surface area contributed by atoms with Crippen LogP contribution in [-0.2, 0) is 6.42 Å². The van der Waals surface area contributed by atoms with Gasteiger partial charge in [-0.05, 0) is 61.5 Å². The first kappa shape index (κ1) is 22.0. The van der Waals surface area contributed by atoms with Crippen molar-refractivity contribution in [1.82, 2.24) is 5.32 Å². The standard InChI is InChI=1S/C24H23BrN2O2S/c1-16-8-10-21(17(2)14-16)26-24(30)27-23(28)20-15-19(25)9-11-22(20)29-13-12-18-6-4-3-5-7-18/h3-11,14-15H,12-13H2,1-2H3,(H2,26,27,28,30). The fourth-order valence-electron chi connectivity index (χ4n) is 3.01. The van der Waals surface area contributed by atoms with E-state index in [1.54, 1.807) is 12.1 Å². The van der Waals surface area contributed by atoms with Crippen LogP contribution in [0.2, 0.25) is 0 Å². The molecule has 0 fully saturated rings. The lowest BCUT2D eigenvalue weighted by Gasteiger charge is -2.15. The number of rotatable bonds is 6. The van der Waals surface area contributed by atoms with Crippen LogP contribution in [-0.4, -0.2) is 17.6 Å². The maximum absolute atomic E-state index is 12.9. The molecule has 2 N–H and O–H groups in total. The van der Waals surface area contributed by atoms with Gasteiger partial charge >= 0.3 is 0 Å². The summed E-state index contributed by atoms with van der Waals surface area (Å²) in [7, 11) is 0. The van der Waals surface area contributed by atoms with Crippen molar-refractivity contribution in [1.29, 1.82) is 0 Å². The van der Waals surface area contributed by atoms with Crippen LogP contribution in [0.5, 0.6) is 5.75 Å². The monoisotopic (exact) mass is 482 g/mol. The quantitative estimate of drug-likeness (QED) is 0.435. The van der Waals surface area contributed by atoms with Gasteiger partial charge in [-0.3, -0.25) is 10.1 Å². The van der Waals surface area contributed by atoms with Crippen LogP contribution < -0.4 is 15.4 Å². The van der Waals surface area contributed by atoms with E-state index in [1.807, 2.05) is 50.2 Å². The fraction of sp³-hybridized carbons (Fsp3) is 0.167. The topological polar surface area (TPSA) is 50.4 Å². The molecule has 0 saturated carbocycles. The lowest BCUT2D eigenvalue weighted by molar-refractivity contribution is 0.0973. The van der Waals surface area contributed by atoms with E-state index in [0.29, 0.717) is 17.9 Å². The van der Waals surface area contributed by atoms with E-state index in [0.717, 1.165) is 22.1 Å². The summed E-state index contributed by atoms with van der Waals surface area (Å²) in [6, 6.07) is 21.4. The molecule has 0 aliphatic rings. The molecule has 0 spiro atoms. The van der Waals surface area contributed by atoms with Crippen LogP contribution in [0.4, 0.5) is 5.69 Å². The maximum Gasteiger partial charge on any atom is 0.261 e. The highest BCUT2D eigenvalue weighted by molar-refractivity contribution is 9.10. The fourth-order valence-corrected chi connectivity index (χ4v) is 3.57. The third-order valence-corrected chi connectivity index (χ3v) is 5.23. The first-order valence-corrected chi connectivity index (χ1v) is 10.8. The zero-order valence-corrected chi connectivity index (χ0v) is 19.3. The molecule has 0 saturated heterocycles. The Hall–Kier alpha value is -2.70. The maximum atomic E-state index is 12.9. The van der Waals surface area contributed by atoms with Crippen LogP contribution in [0, 0.1) is 13.8 Å². The van der Waals surface area contributed by atoms with E-state index < -0.39 is 0 Å². The SMILES string of the molecule is Cc1ccc(NC(=S)NC(=O)c2cc(Br)ccc2OCCc2ccccc2)c(C)c1. The van der Waals surface area contributed by atoms with Crippen molar-refractivity contribution < 1.29 is 9.53 Å². The van der Waals surface area contributed by atoms with Crippen molar-refractivity contribution in [3.8, 4) is 5.75 Å². The Balaban J connectivity index is 1.65. The van der Waals surface area contributed by atoms with Gasteiger partial charge in [-0.2, -0.15) is 0 Å². The summed E-state index contributed by atoms with van der Waals surface area (Å²) in [5.74, 6) is 0.189. The molecule has 1 amide bonds. The predicted molar refractivity (Wildman–Crippen MR) is 129 cm³/mol. The van der Waals surface area contributed by atoms with Gasteiger partial charge in [-0.25, -0.2) is 0 Å². The van der Waals surface area contributed by atoms with Gasteiger partial charge < -0.3 is 10.1 Å². The molecule has 3 rings (SSSR count). The number of benzene rings is 3. The average molecular weight is 483 g/mol. The molecule has 0 unspecified atom stereocenters. The molecule has 0 aliphatic heterocycles. The van der Waals surface area contributed by atoms with Crippen LogP contribution in [0.3, 0.4) is 0 Å². The number of hydrogen-bond acceptors (Lipinski definition) is 3. The number of amides is 1. The average Bonchev–Trinajstić information content (AvgIpc) is 2.72. The molecular weight excluding hydrogens is 460 g/mol. The second kappa shape index (κ2) is 10.4. The van der Waals surface area contributed by atoms with Gasteiger partial charge in [-0.15, -0.1) is 0 Å². The smallest absolute Gasteiger partial charge is 0.261 e. The molecule has 0 aliphatic carbocycles. The minimum absolute atomic E-state index is 0.238. The first-order valence-electron chi connectivity index (χ1n) is 9.58. The number of ether oxygens (including phenoxy) is 1. The third kappa shape index (κ3) is 6.15. The van der Waals surface area contributed by atoms with Gasteiger partial charge in [-0.1, -0.05) is 64.0 Å². The number of thiocarbonyl (C=S) groups is 1. The van der Waals surface area contributed by atoms with Crippen molar-refractivity contribution in [3.05, 3.63) is 93.5 Å². The normalized spacial score (nSPS) is 10.4. The zero-order valence-electron chi connectivity index (χ0n) is 16.9. The number of carbonyl (C=O) groups excluding carboxylic acids is 1. The lowest BCUT2D eigenvalue weighted by atomic mass is 10.1. The number of carbonyl (C=O) groups is 1. The summed E-state index contributed by atoms with van der Waals surface area (Å²) < 4.78 is 6.69. The summed E-state index contributed by atoms with van der Waals surface area (Å²) in [5.41, 5.74) is 4.68. The molecule has 3 aromatic rings. The number of halogens is 1. The van der Waals surface area contributed by atoms with Gasteiger partial charge in [0.15, 0.2) is 5.11 Å². The van der Waals surface area contributed by atoms with Gasteiger partial charge in [0.05, 0.1) is 12.2 Å². The minimum Gasteiger partial charge on any atom is -0.492 e. The molecule has 3 aromatic carbocycles. The third-order valence-electron chi connectivity index (χ3n) is 4.53. The second-order valence-electron chi connectivity index (χ2n) is 6.95. The van der Waals surface area contributed by atoms with E-state index in [-0.39, 0.29) is 11.0 Å². The summed E-state index contributed by atoms with van der Waals surface area (Å²) in [6.07, 6.45) is 0.755. The molecular formula is C24H23BrN2O2S. The Labute approximate surface area is 190 Å². The highest BCUT2D eigenvalue weighted by Crippen LogP contribution is 2.24. The van der Waals surface area contributed by atoms with Gasteiger partial charge in [0.2, 0.25) is 0 Å². The molecule has 6 heteroatoms. The highest BCUT2D eigenvalue weighted by Gasteiger charge is 2.15. The number of hydrogen-bond donors (Lipinski definition) is 2. The highest BCUT2D eigenvalue weighted by atomic mass is 79.9. The molecule has 0 heterocycles. The van der Waals surface area contributed by atoms with E-state index >= 15 is 0 Å². The van der Waals surface area contributed by atoms with Gasteiger partial charge in [0, 0.05) is 16.6 Å². The van der Waals surface area contributed by atoms with Crippen LogP contribution in [0.25, 0.3) is 0 Å². The Kier molecular flexibility index (Phi) is 7.60. The van der Waals surface area contributed by atoms with Crippen molar-refractivity contribution >= 4 is 44.9 Å². The molecule has 154 valence electrons. The van der Waals surface area contributed by atoms with E-state index in [2.05, 4.69) is 44.8 Å². The largest absolute Gasteiger partial charge is 0.492 e. The van der Waals surface area contributed by atoms with Crippen molar-refractivity contribution in [2.75, 3.05) is 11.9 Å². The van der Waals surface area contributed by atoms with E-state index in [4.69, 9.17) is 17.0 Å². The van der Waals surface area contributed by atoms with Crippen LogP contribution in [0.1, 0.15) is 27.0 Å². The number of aryl methyl sites for hydroxylation is 2. The Morgan fingerprint density at radius 3 is 2.53 bits per heavy atom. The molecule has 0 aromatic heterocycles. The zero-order chi connectivity index (χ0) is 21.5. The summed E-state index contributed by atoms with van der Waals surface area (Å²) in [6.45, 7) is 4.49. The Bertz CT molecular complexity index is 1050. The molecule has 30 heavy (non-hydrogen) atoms. The lowest BCUT2D eigenvalue weighted by Crippen LogP contribution is -2.34. The van der Waals surface area contributed by atoms with Gasteiger partial charge in [0.25, 0.3) is 5.91 Å². The molecule has 0 atom stereocenters. The van der Waals surface area contributed by atoms with E-state index in [1.165, 1.54) is 11.1 Å². The minimum atomic E-state index is -0.326. The summed E-state index contributed by atoms with van der Waals surface area (Å²) in [4.78, 5) is 12.9. The summed E-state index contributed by atoms with van der Waals surface area (Å²) >= 11 is 8.76. The number of nitrogens with one attached hydrogen (secondary N) is 2. The summed E-state index contributed by atoms with van der Waals surface area (Å²) in [5, 5.41) is 6.06. The Morgan fingerprint density at radius 2 is 1.80 bits per heavy atom. The van der Waals surface area contributed by atoms with E-state index in [9.17, 15) is 4.79 Å². The van der Waals surface area contributed by atoms with Crippen LogP contribution in [0.15, 0.2) is 71.2 Å². The molecule has 4 nitrogen and oxygen atoms in total.